The average molecular weight is 176 g/mol. The normalized spacial score (nSPS) is 11.5. The molecule has 0 fully saturated rings. The van der Waals surface area contributed by atoms with Crippen molar-refractivity contribution in [2.75, 3.05) is 5.73 Å². The van der Waals surface area contributed by atoms with E-state index in [1.165, 1.54) is 0 Å². The molecule has 0 spiro atoms. The van der Waals surface area contributed by atoms with Crippen LogP contribution in [0.1, 0.15) is 32.0 Å². The molecule has 0 aliphatic carbocycles. The zero-order valence-corrected chi connectivity index (χ0v) is 6.83. The van der Waals surface area contributed by atoms with Crippen LogP contribution in [0.4, 0.5) is 14.6 Å². The molecule has 0 bridgehead atoms. The van der Waals surface area contributed by atoms with Gasteiger partial charge in [0, 0.05) is 6.04 Å². The summed E-state index contributed by atoms with van der Waals surface area (Å²) in [5, 5.41) is 6.87. The van der Waals surface area contributed by atoms with Gasteiger partial charge in [-0.3, -0.25) is 0 Å². The second-order valence-corrected chi connectivity index (χ2v) is 2.70. The van der Waals surface area contributed by atoms with E-state index in [1.54, 1.807) is 13.8 Å². The molecule has 0 unspecified atom stereocenters. The van der Waals surface area contributed by atoms with E-state index in [9.17, 15) is 8.78 Å². The maximum atomic E-state index is 12.3. The van der Waals surface area contributed by atoms with E-state index in [4.69, 9.17) is 5.73 Å². The number of alkyl halides is 2. The highest BCUT2D eigenvalue weighted by Gasteiger charge is 2.20. The molecule has 1 heterocycles. The van der Waals surface area contributed by atoms with Crippen LogP contribution in [0.3, 0.4) is 0 Å². The van der Waals surface area contributed by atoms with Crippen LogP contribution in [-0.4, -0.2) is 15.0 Å². The third kappa shape index (κ3) is 1.37. The third-order valence-electron chi connectivity index (χ3n) is 1.45. The summed E-state index contributed by atoms with van der Waals surface area (Å²) in [5.74, 6) is -0.196. The summed E-state index contributed by atoms with van der Waals surface area (Å²) in [6.07, 6.45) is -2.62. The van der Waals surface area contributed by atoms with Crippen LogP contribution in [0.5, 0.6) is 0 Å². The lowest BCUT2D eigenvalue weighted by Crippen LogP contribution is -2.08. The Morgan fingerprint density at radius 1 is 1.42 bits per heavy atom. The van der Waals surface area contributed by atoms with Gasteiger partial charge in [-0.05, 0) is 13.8 Å². The van der Waals surface area contributed by atoms with E-state index in [2.05, 4.69) is 10.3 Å². The highest BCUT2D eigenvalue weighted by Crippen LogP contribution is 2.24. The van der Waals surface area contributed by atoms with Crippen molar-refractivity contribution in [2.24, 2.45) is 0 Å². The molecule has 1 aromatic heterocycles. The number of nitrogens with zero attached hydrogens (tertiary/aromatic N) is 3. The molecule has 0 saturated carbocycles. The molecular weight excluding hydrogens is 166 g/mol. The second kappa shape index (κ2) is 3.04. The van der Waals surface area contributed by atoms with Gasteiger partial charge in [0.15, 0.2) is 5.82 Å². The van der Waals surface area contributed by atoms with Crippen molar-refractivity contribution in [3.63, 3.8) is 0 Å². The minimum atomic E-state index is -2.62. The molecular formula is C6H10F2N4. The molecule has 2 N–H and O–H groups in total. The van der Waals surface area contributed by atoms with Crippen molar-refractivity contribution in [3.05, 3.63) is 5.69 Å². The summed E-state index contributed by atoms with van der Waals surface area (Å²) in [6.45, 7) is 3.47. The second-order valence-electron chi connectivity index (χ2n) is 2.70. The van der Waals surface area contributed by atoms with Crippen LogP contribution >= 0.6 is 0 Å². The first kappa shape index (κ1) is 8.89. The number of nitrogen functional groups attached to an aromatic ring is 1. The predicted octanol–water partition coefficient (Wildman–Crippen LogP) is 1.38. The quantitative estimate of drug-likeness (QED) is 0.740. The highest BCUT2D eigenvalue weighted by molar-refractivity contribution is 5.33. The lowest BCUT2D eigenvalue weighted by Gasteiger charge is -2.08. The smallest absolute Gasteiger partial charge is 0.283 e. The summed E-state index contributed by atoms with van der Waals surface area (Å²) < 4.78 is 25.7. The number of anilines is 1. The number of hydrogen-bond donors (Lipinski definition) is 1. The monoisotopic (exact) mass is 176 g/mol. The molecule has 0 radical (unpaired) electrons. The van der Waals surface area contributed by atoms with Gasteiger partial charge in [0.2, 0.25) is 0 Å². The molecule has 0 atom stereocenters. The van der Waals surface area contributed by atoms with Crippen LogP contribution < -0.4 is 5.73 Å². The van der Waals surface area contributed by atoms with E-state index < -0.39 is 6.43 Å². The maximum Gasteiger partial charge on any atom is 0.283 e. The van der Waals surface area contributed by atoms with E-state index >= 15 is 0 Å². The summed E-state index contributed by atoms with van der Waals surface area (Å²) in [6, 6.07) is -0.154. The van der Waals surface area contributed by atoms with Crippen LogP contribution in [0.15, 0.2) is 0 Å². The Morgan fingerprint density at radius 3 is 2.33 bits per heavy atom. The van der Waals surface area contributed by atoms with Crippen molar-refractivity contribution in [2.45, 2.75) is 26.3 Å². The Hall–Kier alpha value is -1.20. The fourth-order valence-electron chi connectivity index (χ4n) is 0.906. The standard InChI is InChI=1S/C6H10F2N4/c1-3(2)12-4(5(7)8)6(9)10-11-12/h3,5H,9H2,1-2H3. The van der Waals surface area contributed by atoms with Gasteiger partial charge in [0.05, 0.1) is 0 Å². The van der Waals surface area contributed by atoms with Gasteiger partial charge in [-0.25, -0.2) is 13.5 Å². The number of aromatic nitrogens is 3. The minimum Gasteiger partial charge on any atom is -0.380 e. The lowest BCUT2D eigenvalue weighted by atomic mass is 10.3. The first-order chi connectivity index (χ1) is 5.54. The zero-order chi connectivity index (χ0) is 9.30. The predicted molar refractivity (Wildman–Crippen MR) is 39.8 cm³/mol. The number of halogens is 2. The van der Waals surface area contributed by atoms with Crippen LogP contribution in [0.25, 0.3) is 0 Å². The first-order valence-electron chi connectivity index (χ1n) is 3.52. The summed E-state index contributed by atoms with van der Waals surface area (Å²) >= 11 is 0. The SMILES string of the molecule is CC(C)n1nnc(N)c1C(F)F. The van der Waals surface area contributed by atoms with Crippen molar-refractivity contribution in [1.29, 1.82) is 0 Å². The lowest BCUT2D eigenvalue weighted by molar-refractivity contribution is 0.138. The van der Waals surface area contributed by atoms with Crippen LogP contribution in [-0.2, 0) is 0 Å². The molecule has 0 amide bonds. The Morgan fingerprint density at radius 2 is 2.00 bits per heavy atom. The van der Waals surface area contributed by atoms with Crippen molar-refractivity contribution in [3.8, 4) is 0 Å². The molecule has 4 nitrogen and oxygen atoms in total. The summed E-state index contributed by atoms with van der Waals surface area (Å²) in [7, 11) is 0. The van der Waals surface area contributed by atoms with Crippen LogP contribution in [0.2, 0.25) is 0 Å². The van der Waals surface area contributed by atoms with E-state index in [0.717, 1.165) is 4.68 Å². The number of hydrogen-bond acceptors (Lipinski definition) is 3. The summed E-state index contributed by atoms with van der Waals surface area (Å²) in [4.78, 5) is 0. The topological polar surface area (TPSA) is 56.7 Å². The first-order valence-corrected chi connectivity index (χ1v) is 3.52. The van der Waals surface area contributed by atoms with E-state index in [-0.39, 0.29) is 17.6 Å². The Kier molecular flexibility index (Phi) is 2.25. The van der Waals surface area contributed by atoms with Gasteiger partial charge in [0.1, 0.15) is 5.69 Å². The third-order valence-corrected chi connectivity index (χ3v) is 1.45. The molecule has 0 aliphatic rings. The molecule has 6 heteroatoms. The molecule has 1 aromatic rings. The van der Waals surface area contributed by atoms with Crippen molar-refractivity contribution >= 4 is 5.82 Å². The van der Waals surface area contributed by atoms with Crippen molar-refractivity contribution in [1.82, 2.24) is 15.0 Å². The molecule has 0 saturated heterocycles. The van der Waals surface area contributed by atoms with E-state index in [1.807, 2.05) is 0 Å². The summed E-state index contributed by atoms with van der Waals surface area (Å²) in [5.41, 5.74) is 4.90. The van der Waals surface area contributed by atoms with E-state index in [0.29, 0.717) is 0 Å². The molecule has 68 valence electrons. The van der Waals surface area contributed by atoms with Crippen molar-refractivity contribution < 1.29 is 8.78 Å². The fourth-order valence-corrected chi connectivity index (χ4v) is 0.906. The Balaban J connectivity index is 3.12. The van der Waals surface area contributed by atoms with Gasteiger partial charge in [-0.15, -0.1) is 5.10 Å². The molecule has 0 aliphatic heterocycles. The van der Waals surface area contributed by atoms with Gasteiger partial charge in [-0.2, -0.15) is 0 Å². The van der Waals surface area contributed by atoms with Gasteiger partial charge < -0.3 is 5.73 Å². The molecule has 0 aromatic carbocycles. The Bertz CT molecular complexity index is 269. The minimum absolute atomic E-state index is 0.154. The average Bonchev–Trinajstić information content (AvgIpc) is 2.30. The Labute approximate surface area is 68.4 Å². The van der Waals surface area contributed by atoms with Gasteiger partial charge in [0.25, 0.3) is 6.43 Å². The zero-order valence-electron chi connectivity index (χ0n) is 6.83. The van der Waals surface area contributed by atoms with Gasteiger partial charge in [-0.1, -0.05) is 5.21 Å². The molecule has 12 heavy (non-hydrogen) atoms. The highest BCUT2D eigenvalue weighted by atomic mass is 19.3. The maximum absolute atomic E-state index is 12.3. The number of rotatable bonds is 2. The molecule has 1 rings (SSSR count). The van der Waals surface area contributed by atoms with Gasteiger partial charge >= 0.3 is 0 Å². The fraction of sp³-hybridized carbons (Fsp3) is 0.667. The number of nitrogens with two attached hydrogens (primary N) is 1. The van der Waals surface area contributed by atoms with Crippen LogP contribution in [0, 0.1) is 0 Å². The largest absolute Gasteiger partial charge is 0.380 e.